The van der Waals surface area contributed by atoms with Crippen LogP contribution < -0.4 is 10.5 Å². The van der Waals surface area contributed by atoms with Crippen molar-refractivity contribution in [3.63, 3.8) is 0 Å². The Bertz CT molecular complexity index is 398. The van der Waals surface area contributed by atoms with Crippen molar-refractivity contribution in [3.8, 4) is 5.75 Å². The fraction of sp³-hybridized carbons (Fsp3) is 0.588. The van der Waals surface area contributed by atoms with Crippen LogP contribution in [0.15, 0.2) is 24.3 Å². The number of hydrogen-bond donors (Lipinski definition) is 1. The van der Waals surface area contributed by atoms with E-state index in [1.54, 1.807) is 0 Å². The maximum atomic E-state index is 12.1. The third-order valence-corrected chi connectivity index (χ3v) is 3.48. The summed E-state index contributed by atoms with van der Waals surface area (Å²) in [5.41, 5.74) is 6.35. The number of ether oxygens (including phenoxy) is 1. The van der Waals surface area contributed by atoms with Gasteiger partial charge in [0.05, 0.1) is 6.10 Å². The Hall–Kier alpha value is -1.35. The Morgan fingerprint density at radius 1 is 1.20 bits per heavy atom. The number of rotatable bonds is 9. The first-order chi connectivity index (χ1) is 9.56. The topological polar surface area (TPSA) is 52.3 Å². The minimum atomic E-state index is 0.151. The van der Waals surface area contributed by atoms with Crippen LogP contribution in [0.1, 0.15) is 56.8 Å². The summed E-state index contributed by atoms with van der Waals surface area (Å²) in [5, 5.41) is 0. The van der Waals surface area contributed by atoms with Crippen molar-refractivity contribution < 1.29 is 9.53 Å². The van der Waals surface area contributed by atoms with Gasteiger partial charge in [-0.15, -0.1) is 0 Å². The van der Waals surface area contributed by atoms with Gasteiger partial charge < -0.3 is 10.5 Å². The van der Waals surface area contributed by atoms with Crippen LogP contribution in [0.5, 0.6) is 5.75 Å². The first-order valence-corrected chi connectivity index (χ1v) is 7.56. The van der Waals surface area contributed by atoms with Gasteiger partial charge in [-0.05, 0) is 63.4 Å². The summed E-state index contributed by atoms with van der Waals surface area (Å²) in [7, 11) is 0. The van der Waals surface area contributed by atoms with Gasteiger partial charge in [0.1, 0.15) is 5.75 Å². The van der Waals surface area contributed by atoms with Crippen LogP contribution in [0.4, 0.5) is 0 Å². The minimum Gasteiger partial charge on any atom is -0.491 e. The van der Waals surface area contributed by atoms with Gasteiger partial charge in [0.25, 0.3) is 0 Å². The molecule has 0 aliphatic rings. The largest absolute Gasteiger partial charge is 0.491 e. The van der Waals surface area contributed by atoms with Gasteiger partial charge in [-0.2, -0.15) is 0 Å². The first kappa shape index (κ1) is 16.7. The van der Waals surface area contributed by atoms with Crippen LogP contribution in [0.25, 0.3) is 0 Å². The summed E-state index contributed by atoms with van der Waals surface area (Å²) in [5.74, 6) is 1.58. The number of hydrogen-bond acceptors (Lipinski definition) is 3. The molecule has 3 nitrogen and oxygen atoms in total. The number of carbonyl (C=O) groups excluding carboxylic acids is 1. The molecule has 1 atom stereocenters. The Labute approximate surface area is 122 Å². The van der Waals surface area contributed by atoms with E-state index in [1.807, 2.05) is 38.1 Å². The quantitative estimate of drug-likeness (QED) is 0.698. The standard InChI is InChI=1S/C17H27NO2/c1-4-14(11-12-18)5-10-17(19)15-6-8-16(9-7-15)20-13(2)3/h6-9,13-14H,4-5,10-12,18H2,1-3H3. The molecule has 1 aromatic rings. The summed E-state index contributed by atoms with van der Waals surface area (Å²) in [6, 6.07) is 7.43. The maximum Gasteiger partial charge on any atom is 0.162 e. The van der Waals surface area contributed by atoms with Crippen molar-refractivity contribution in [3.05, 3.63) is 29.8 Å². The molecule has 0 radical (unpaired) electrons. The molecule has 1 aromatic carbocycles. The van der Waals surface area contributed by atoms with Gasteiger partial charge in [-0.3, -0.25) is 4.79 Å². The van der Waals surface area contributed by atoms with E-state index < -0.39 is 0 Å². The molecule has 3 heteroatoms. The third-order valence-electron chi connectivity index (χ3n) is 3.48. The second-order valence-electron chi connectivity index (χ2n) is 5.50. The van der Waals surface area contributed by atoms with Crippen molar-refractivity contribution in [1.29, 1.82) is 0 Å². The Morgan fingerprint density at radius 3 is 2.35 bits per heavy atom. The summed E-state index contributed by atoms with van der Waals surface area (Å²) in [6.07, 6.45) is 3.77. The molecule has 0 saturated carbocycles. The van der Waals surface area contributed by atoms with Crippen molar-refractivity contribution in [2.45, 2.75) is 52.6 Å². The number of ketones is 1. The highest BCUT2D eigenvalue weighted by atomic mass is 16.5. The molecule has 0 aliphatic carbocycles. The van der Waals surface area contributed by atoms with Gasteiger partial charge in [0.15, 0.2) is 5.78 Å². The summed E-state index contributed by atoms with van der Waals surface area (Å²) >= 11 is 0. The zero-order valence-electron chi connectivity index (χ0n) is 12.9. The number of Topliss-reactive ketones (excluding diaryl/α,β-unsaturated/α-hetero) is 1. The number of nitrogens with two attached hydrogens (primary N) is 1. The Morgan fingerprint density at radius 2 is 1.85 bits per heavy atom. The molecule has 0 amide bonds. The molecule has 0 fully saturated rings. The monoisotopic (exact) mass is 277 g/mol. The van der Waals surface area contributed by atoms with E-state index in [9.17, 15) is 4.79 Å². The smallest absolute Gasteiger partial charge is 0.162 e. The molecule has 1 unspecified atom stereocenters. The van der Waals surface area contributed by atoms with Gasteiger partial charge in [-0.25, -0.2) is 0 Å². The van der Waals surface area contributed by atoms with Gasteiger partial charge in [0.2, 0.25) is 0 Å². The highest BCUT2D eigenvalue weighted by molar-refractivity contribution is 5.96. The lowest BCUT2D eigenvalue weighted by molar-refractivity contribution is 0.0972. The molecule has 0 heterocycles. The molecule has 0 aliphatic heterocycles. The predicted octanol–water partition coefficient (Wildman–Crippen LogP) is 3.81. The lowest BCUT2D eigenvalue weighted by Crippen LogP contribution is -2.10. The normalized spacial score (nSPS) is 12.4. The maximum absolute atomic E-state index is 12.1. The highest BCUT2D eigenvalue weighted by Crippen LogP contribution is 2.19. The lowest BCUT2D eigenvalue weighted by atomic mass is 9.94. The van der Waals surface area contributed by atoms with Crippen LogP contribution in [0, 0.1) is 5.92 Å². The van der Waals surface area contributed by atoms with Crippen LogP contribution in [0.2, 0.25) is 0 Å². The molecule has 112 valence electrons. The van der Waals surface area contributed by atoms with Crippen molar-refractivity contribution in [1.82, 2.24) is 0 Å². The van der Waals surface area contributed by atoms with E-state index in [0.29, 0.717) is 18.9 Å². The highest BCUT2D eigenvalue weighted by Gasteiger charge is 2.11. The molecular formula is C17H27NO2. The van der Waals surface area contributed by atoms with Crippen molar-refractivity contribution in [2.75, 3.05) is 6.54 Å². The average Bonchev–Trinajstić information content (AvgIpc) is 2.43. The molecule has 1 rings (SSSR count). The fourth-order valence-corrected chi connectivity index (χ4v) is 2.26. The zero-order chi connectivity index (χ0) is 15.0. The van der Waals surface area contributed by atoms with Crippen molar-refractivity contribution >= 4 is 5.78 Å². The molecule has 2 N–H and O–H groups in total. The average molecular weight is 277 g/mol. The predicted molar refractivity (Wildman–Crippen MR) is 83.2 cm³/mol. The molecule has 0 saturated heterocycles. The molecule has 20 heavy (non-hydrogen) atoms. The second-order valence-corrected chi connectivity index (χ2v) is 5.50. The Kier molecular flexibility index (Phi) is 7.31. The van der Waals surface area contributed by atoms with Crippen LogP contribution in [-0.4, -0.2) is 18.4 Å². The SMILES string of the molecule is CCC(CCN)CCC(=O)c1ccc(OC(C)C)cc1. The molecule has 0 spiro atoms. The van der Waals surface area contributed by atoms with E-state index in [2.05, 4.69) is 6.92 Å². The molecular weight excluding hydrogens is 250 g/mol. The van der Waals surface area contributed by atoms with Gasteiger partial charge in [-0.1, -0.05) is 13.3 Å². The van der Waals surface area contributed by atoms with Crippen LogP contribution >= 0.6 is 0 Å². The zero-order valence-corrected chi connectivity index (χ0v) is 12.9. The van der Waals surface area contributed by atoms with Crippen molar-refractivity contribution in [2.24, 2.45) is 11.7 Å². The molecule has 0 bridgehead atoms. The lowest BCUT2D eigenvalue weighted by Gasteiger charge is -2.13. The summed E-state index contributed by atoms with van der Waals surface area (Å²) < 4.78 is 5.57. The Balaban J connectivity index is 2.51. The summed E-state index contributed by atoms with van der Waals surface area (Å²) in [4.78, 5) is 12.1. The minimum absolute atomic E-state index is 0.151. The second kappa shape index (κ2) is 8.75. The van der Waals surface area contributed by atoms with E-state index in [0.717, 1.165) is 30.6 Å². The summed E-state index contributed by atoms with van der Waals surface area (Å²) in [6.45, 7) is 6.83. The first-order valence-electron chi connectivity index (χ1n) is 7.56. The van der Waals surface area contributed by atoms with Crippen LogP contribution in [0.3, 0.4) is 0 Å². The van der Waals surface area contributed by atoms with E-state index in [-0.39, 0.29) is 11.9 Å². The number of benzene rings is 1. The van der Waals surface area contributed by atoms with Gasteiger partial charge >= 0.3 is 0 Å². The fourth-order valence-electron chi connectivity index (χ4n) is 2.26. The third kappa shape index (κ3) is 5.74. The van der Waals surface area contributed by atoms with E-state index in [1.165, 1.54) is 0 Å². The molecule has 0 aromatic heterocycles. The van der Waals surface area contributed by atoms with E-state index in [4.69, 9.17) is 10.5 Å². The van der Waals surface area contributed by atoms with E-state index >= 15 is 0 Å². The van der Waals surface area contributed by atoms with Gasteiger partial charge in [0, 0.05) is 12.0 Å². The number of carbonyl (C=O) groups is 1. The van der Waals surface area contributed by atoms with Crippen LogP contribution in [-0.2, 0) is 0 Å².